The molecule has 0 fully saturated rings. The van der Waals surface area contributed by atoms with Crippen molar-refractivity contribution < 1.29 is 18.3 Å². The highest BCUT2D eigenvalue weighted by atomic mass is 35.5. The van der Waals surface area contributed by atoms with Gasteiger partial charge in [0.05, 0.1) is 24.0 Å². The summed E-state index contributed by atoms with van der Waals surface area (Å²) in [5.74, 6) is -0.0947. The number of ether oxygens (including phenoxy) is 2. The minimum Gasteiger partial charge on any atom is -0.493 e. The van der Waals surface area contributed by atoms with E-state index >= 15 is 0 Å². The first-order valence-electron chi connectivity index (χ1n) is 6.67. The van der Waals surface area contributed by atoms with Gasteiger partial charge in [0.15, 0.2) is 11.5 Å². The summed E-state index contributed by atoms with van der Waals surface area (Å²) in [5.41, 5.74) is 5.38. The average Bonchev–Trinajstić information content (AvgIpc) is 2.49. The van der Waals surface area contributed by atoms with E-state index in [-0.39, 0.29) is 16.5 Å². The highest BCUT2D eigenvalue weighted by Crippen LogP contribution is 2.37. The number of aryl methyl sites for hydroxylation is 1. The Morgan fingerprint density at radius 1 is 1.26 bits per heavy atom. The number of benzene rings is 2. The fourth-order valence-electron chi connectivity index (χ4n) is 1.91. The van der Waals surface area contributed by atoms with Crippen LogP contribution in [0.15, 0.2) is 41.5 Å². The van der Waals surface area contributed by atoms with Crippen LogP contribution in [0.1, 0.15) is 11.1 Å². The zero-order valence-electron chi connectivity index (χ0n) is 12.5. The monoisotopic (exact) mass is 340 g/mol. The normalized spacial score (nSPS) is 11.0. The third kappa shape index (κ3) is 4.82. The molecule has 4 nitrogen and oxygen atoms in total. The molecule has 23 heavy (non-hydrogen) atoms. The molecule has 0 aliphatic heterocycles. The van der Waals surface area contributed by atoms with E-state index in [1.165, 1.54) is 25.5 Å². The predicted octanol–water partition coefficient (Wildman–Crippen LogP) is 4.70. The maximum Gasteiger partial charge on any atom is 0.387 e. The van der Waals surface area contributed by atoms with Crippen LogP contribution in [0.5, 0.6) is 11.5 Å². The van der Waals surface area contributed by atoms with E-state index < -0.39 is 6.61 Å². The summed E-state index contributed by atoms with van der Waals surface area (Å²) in [6.07, 6.45) is 1.50. The Labute approximate surface area is 137 Å². The van der Waals surface area contributed by atoms with E-state index in [9.17, 15) is 8.78 Å². The van der Waals surface area contributed by atoms with E-state index in [1.54, 1.807) is 0 Å². The third-order valence-electron chi connectivity index (χ3n) is 2.88. The molecule has 0 aliphatic carbocycles. The number of rotatable bonds is 6. The predicted molar refractivity (Wildman–Crippen MR) is 87.0 cm³/mol. The number of halogens is 3. The van der Waals surface area contributed by atoms with Crippen LogP contribution in [0.3, 0.4) is 0 Å². The van der Waals surface area contributed by atoms with Gasteiger partial charge in [0.25, 0.3) is 0 Å². The number of hydrogen-bond donors (Lipinski definition) is 1. The Morgan fingerprint density at radius 2 is 2.04 bits per heavy atom. The molecule has 0 atom stereocenters. The molecule has 122 valence electrons. The molecular formula is C16H15ClF2N2O2. The number of hydrazone groups is 1. The second kappa shape index (κ2) is 7.78. The Hall–Kier alpha value is -2.34. The van der Waals surface area contributed by atoms with E-state index in [2.05, 4.69) is 15.3 Å². The van der Waals surface area contributed by atoms with Crippen molar-refractivity contribution in [2.45, 2.75) is 13.5 Å². The summed E-state index contributed by atoms with van der Waals surface area (Å²) in [5, 5.41) is 4.10. The second-order valence-corrected chi connectivity index (χ2v) is 5.06. The zero-order chi connectivity index (χ0) is 16.8. The third-order valence-corrected chi connectivity index (χ3v) is 3.16. The largest absolute Gasteiger partial charge is 0.493 e. The van der Waals surface area contributed by atoms with Crippen LogP contribution in [0.2, 0.25) is 5.02 Å². The number of nitrogens with zero attached hydrogens (tertiary/aromatic N) is 1. The number of alkyl halides is 2. The Balaban J connectivity index is 2.16. The van der Waals surface area contributed by atoms with Crippen molar-refractivity contribution in [2.24, 2.45) is 5.10 Å². The van der Waals surface area contributed by atoms with Gasteiger partial charge >= 0.3 is 6.61 Å². The molecule has 0 bridgehead atoms. The lowest BCUT2D eigenvalue weighted by atomic mass is 10.2. The molecule has 0 spiro atoms. The van der Waals surface area contributed by atoms with Gasteiger partial charge in [-0.25, -0.2) is 0 Å². The van der Waals surface area contributed by atoms with E-state index in [1.807, 2.05) is 31.2 Å². The van der Waals surface area contributed by atoms with Gasteiger partial charge in [-0.3, -0.25) is 5.43 Å². The fourth-order valence-corrected chi connectivity index (χ4v) is 2.18. The average molecular weight is 341 g/mol. The van der Waals surface area contributed by atoms with Gasteiger partial charge in [0, 0.05) is 0 Å². The molecule has 0 saturated carbocycles. The summed E-state index contributed by atoms with van der Waals surface area (Å²) >= 11 is 5.95. The Kier molecular flexibility index (Phi) is 5.76. The van der Waals surface area contributed by atoms with Crippen molar-refractivity contribution in [3.8, 4) is 11.5 Å². The van der Waals surface area contributed by atoms with Crippen molar-refractivity contribution in [1.82, 2.24) is 0 Å². The molecule has 0 unspecified atom stereocenters. The van der Waals surface area contributed by atoms with E-state index in [0.29, 0.717) is 5.56 Å². The molecule has 0 amide bonds. The van der Waals surface area contributed by atoms with Gasteiger partial charge in [-0.05, 0) is 42.3 Å². The van der Waals surface area contributed by atoms with Crippen LogP contribution in [-0.2, 0) is 0 Å². The van der Waals surface area contributed by atoms with Crippen molar-refractivity contribution >= 4 is 23.5 Å². The van der Waals surface area contributed by atoms with Crippen molar-refractivity contribution in [3.63, 3.8) is 0 Å². The first-order chi connectivity index (χ1) is 11.0. The minimum absolute atomic E-state index is 0.0154. The Bertz CT molecular complexity index is 708. The summed E-state index contributed by atoms with van der Waals surface area (Å²) in [7, 11) is 1.34. The van der Waals surface area contributed by atoms with Crippen molar-refractivity contribution in [3.05, 3.63) is 52.5 Å². The quantitative estimate of drug-likeness (QED) is 0.612. The standard InChI is InChI=1S/C16H15ClF2N2O2/c1-10-4-3-5-12(6-10)21-20-9-11-7-13(17)15(23-16(18)19)14(8-11)22-2/h3-9,16,21H,1-2H3/b20-9-. The van der Waals surface area contributed by atoms with E-state index in [4.69, 9.17) is 16.3 Å². The molecule has 0 aromatic heterocycles. The summed E-state index contributed by atoms with van der Waals surface area (Å²) in [4.78, 5) is 0. The van der Waals surface area contributed by atoms with Gasteiger partial charge in [0.1, 0.15) is 0 Å². The number of anilines is 1. The molecule has 2 aromatic carbocycles. The maximum atomic E-state index is 12.4. The molecule has 1 N–H and O–H groups in total. The smallest absolute Gasteiger partial charge is 0.387 e. The number of nitrogens with one attached hydrogen (secondary N) is 1. The van der Waals surface area contributed by atoms with Crippen LogP contribution in [0.25, 0.3) is 0 Å². The van der Waals surface area contributed by atoms with E-state index in [0.717, 1.165) is 11.3 Å². The molecule has 2 aromatic rings. The van der Waals surface area contributed by atoms with Gasteiger partial charge in [-0.2, -0.15) is 13.9 Å². The van der Waals surface area contributed by atoms with Gasteiger partial charge in [0.2, 0.25) is 0 Å². The SMILES string of the molecule is COc1cc(/C=N\Nc2cccc(C)c2)cc(Cl)c1OC(F)F. The van der Waals surface area contributed by atoms with Crippen molar-refractivity contribution in [1.29, 1.82) is 0 Å². The fraction of sp³-hybridized carbons (Fsp3) is 0.188. The molecule has 0 heterocycles. The molecule has 2 rings (SSSR count). The van der Waals surface area contributed by atoms with Crippen LogP contribution in [0, 0.1) is 6.92 Å². The highest BCUT2D eigenvalue weighted by Gasteiger charge is 2.15. The lowest BCUT2D eigenvalue weighted by Gasteiger charge is -2.12. The summed E-state index contributed by atoms with van der Waals surface area (Å²) < 4.78 is 34.1. The first-order valence-corrected chi connectivity index (χ1v) is 7.05. The van der Waals surface area contributed by atoms with Crippen LogP contribution >= 0.6 is 11.6 Å². The number of methoxy groups -OCH3 is 1. The molecule has 7 heteroatoms. The van der Waals surface area contributed by atoms with Crippen LogP contribution < -0.4 is 14.9 Å². The summed E-state index contributed by atoms with van der Waals surface area (Å²) in [6.45, 7) is -1.01. The van der Waals surface area contributed by atoms with Crippen molar-refractivity contribution in [2.75, 3.05) is 12.5 Å². The molecular weight excluding hydrogens is 326 g/mol. The maximum absolute atomic E-state index is 12.4. The second-order valence-electron chi connectivity index (χ2n) is 4.65. The lowest BCUT2D eigenvalue weighted by Crippen LogP contribution is -2.04. The molecule has 0 saturated heterocycles. The number of hydrogen-bond acceptors (Lipinski definition) is 4. The summed E-state index contributed by atoms with van der Waals surface area (Å²) in [6, 6.07) is 10.7. The zero-order valence-corrected chi connectivity index (χ0v) is 13.3. The lowest BCUT2D eigenvalue weighted by molar-refractivity contribution is -0.0511. The van der Waals surface area contributed by atoms with Gasteiger partial charge in [-0.1, -0.05) is 23.7 Å². The van der Waals surface area contributed by atoms with Gasteiger partial charge in [-0.15, -0.1) is 0 Å². The topological polar surface area (TPSA) is 42.8 Å². The van der Waals surface area contributed by atoms with Crippen LogP contribution in [0.4, 0.5) is 14.5 Å². The highest BCUT2D eigenvalue weighted by molar-refractivity contribution is 6.32. The first kappa shape index (κ1) is 17.0. The molecule has 0 aliphatic rings. The molecule has 0 radical (unpaired) electrons. The van der Waals surface area contributed by atoms with Gasteiger partial charge < -0.3 is 9.47 Å². The van der Waals surface area contributed by atoms with Crippen LogP contribution in [-0.4, -0.2) is 19.9 Å². The minimum atomic E-state index is -2.98. The Morgan fingerprint density at radius 3 is 2.70 bits per heavy atom.